The van der Waals surface area contributed by atoms with Gasteiger partial charge in [-0.15, -0.1) is 0 Å². The summed E-state index contributed by atoms with van der Waals surface area (Å²) in [6.07, 6.45) is 0. The first-order chi connectivity index (χ1) is 10.5. The largest absolute Gasteiger partial charge is 0.493 e. The Balaban J connectivity index is 2.85. The maximum Gasteiger partial charge on any atom is 0.237 e. The number of hydrogen-bond donors (Lipinski definition) is 2. The molecule has 0 radical (unpaired) electrons. The summed E-state index contributed by atoms with van der Waals surface area (Å²) in [6.45, 7) is 10.5. The molecule has 0 spiro atoms. The first kappa shape index (κ1) is 19.3. The zero-order valence-corrected chi connectivity index (χ0v) is 15.3. The van der Waals surface area contributed by atoms with Gasteiger partial charge in [0.2, 0.25) is 5.91 Å². The minimum Gasteiger partial charge on any atom is -0.493 e. The molecule has 1 aromatic rings. The van der Waals surface area contributed by atoms with Crippen LogP contribution in [-0.2, 0) is 10.2 Å². The van der Waals surface area contributed by atoms with Crippen LogP contribution in [0.25, 0.3) is 0 Å². The van der Waals surface area contributed by atoms with E-state index in [1.807, 2.05) is 39.0 Å². The van der Waals surface area contributed by atoms with Gasteiger partial charge in [0.05, 0.1) is 20.3 Å². The monoisotopic (exact) mass is 322 g/mol. The van der Waals surface area contributed by atoms with Gasteiger partial charge in [0.25, 0.3) is 0 Å². The second-order valence-electron chi connectivity index (χ2n) is 7.52. The van der Waals surface area contributed by atoms with Gasteiger partial charge in [-0.05, 0) is 23.1 Å². The second-order valence-corrected chi connectivity index (χ2v) is 7.52. The molecule has 1 amide bonds. The highest BCUT2D eigenvalue weighted by atomic mass is 16.5. The van der Waals surface area contributed by atoms with Crippen LogP contribution in [0, 0.1) is 5.41 Å². The third-order valence-corrected chi connectivity index (χ3v) is 4.09. The van der Waals surface area contributed by atoms with Crippen LogP contribution in [0.3, 0.4) is 0 Å². The minimum absolute atomic E-state index is 0.133. The molecule has 1 rings (SSSR count). The van der Waals surface area contributed by atoms with Crippen LogP contribution in [0.4, 0.5) is 0 Å². The number of nitrogens with one attached hydrogen (secondary N) is 1. The van der Waals surface area contributed by atoms with Gasteiger partial charge in [0.15, 0.2) is 11.5 Å². The van der Waals surface area contributed by atoms with Crippen LogP contribution in [-0.4, -0.2) is 32.7 Å². The summed E-state index contributed by atoms with van der Waals surface area (Å²) in [6, 6.07) is 5.26. The fourth-order valence-electron chi connectivity index (χ4n) is 2.17. The lowest BCUT2D eigenvalue weighted by molar-refractivity contribution is -0.124. The molecule has 5 nitrogen and oxygen atoms in total. The number of ether oxygens (including phenoxy) is 2. The van der Waals surface area contributed by atoms with Gasteiger partial charge in [0, 0.05) is 12.0 Å². The number of carbonyl (C=O) groups is 1. The Morgan fingerprint density at radius 2 is 1.70 bits per heavy atom. The number of amides is 1. The highest BCUT2D eigenvalue weighted by Gasteiger charge is 2.29. The first-order valence-corrected chi connectivity index (χ1v) is 7.78. The molecule has 0 fully saturated rings. The zero-order chi connectivity index (χ0) is 17.8. The van der Waals surface area contributed by atoms with Crippen molar-refractivity contribution in [2.45, 2.75) is 46.1 Å². The summed E-state index contributed by atoms with van der Waals surface area (Å²) in [5, 5.41) is 2.96. The van der Waals surface area contributed by atoms with E-state index in [0.717, 1.165) is 5.56 Å². The van der Waals surface area contributed by atoms with Crippen LogP contribution < -0.4 is 20.5 Å². The highest BCUT2D eigenvalue weighted by molar-refractivity contribution is 5.82. The molecule has 0 aliphatic rings. The second kappa shape index (κ2) is 7.21. The van der Waals surface area contributed by atoms with E-state index in [2.05, 4.69) is 19.2 Å². The number of benzene rings is 1. The number of carbonyl (C=O) groups excluding carboxylic acids is 1. The van der Waals surface area contributed by atoms with Crippen LogP contribution in [0.5, 0.6) is 11.5 Å². The summed E-state index contributed by atoms with van der Waals surface area (Å²) < 4.78 is 10.6. The Bertz CT molecular complexity index is 548. The predicted octanol–water partition coefficient (Wildman–Crippen LogP) is 2.47. The molecule has 3 N–H and O–H groups in total. The van der Waals surface area contributed by atoms with Gasteiger partial charge < -0.3 is 20.5 Å². The Morgan fingerprint density at radius 3 is 2.17 bits per heavy atom. The Hall–Kier alpha value is -1.75. The van der Waals surface area contributed by atoms with Crippen molar-refractivity contribution in [3.8, 4) is 11.5 Å². The molecule has 0 aromatic heterocycles. The predicted molar refractivity (Wildman–Crippen MR) is 93.0 cm³/mol. The van der Waals surface area contributed by atoms with E-state index in [1.54, 1.807) is 14.2 Å². The molecule has 1 atom stereocenters. The van der Waals surface area contributed by atoms with Crippen molar-refractivity contribution in [3.63, 3.8) is 0 Å². The SMILES string of the molecule is COc1ccc(C(C)(C)CNC(=O)[C@@H](N)C(C)(C)C)cc1OC. The fraction of sp³-hybridized carbons (Fsp3) is 0.611. The molecule has 0 unspecified atom stereocenters. The average Bonchev–Trinajstić information content (AvgIpc) is 2.50. The van der Waals surface area contributed by atoms with E-state index >= 15 is 0 Å². The van der Waals surface area contributed by atoms with E-state index in [4.69, 9.17) is 15.2 Å². The van der Waals surface area contributed by atoms with Crippen LogP contribution in [0.15, 0.2) is 18.2 Å². The molecule has 0 aliphatic carbocycles. The van der Waals surface area contributed by atoms with E-state index < -0.39 is 6.04 Å². The molecule has 1 aromatic carbocycles. The molecular formula is C18H30N2O3. The summed E-state index contributed by atoms with van der Waals surface area (Å²) >= 11 is 0. The first-order valence-electron chi connectivity index (χ1n) is 7.78. The molecule has 0 heterocycles. The van der Waals surface area contributed by atoms with Crippen LogP contribution in [0.2, 0.25) is 0 Å². The van der Waals surface area contributed by atoms with E-state index in [0.29, 0.717) is 18.0 Å². The van der Waals surface area contributed by atoms with Crippen molar-refractivity contribution in [1.82, 2.24) is 5.32 Å². The van der Waals surface area contributed by atoms with Gasteiger partial charge >= 0.3 is 0 Å². The van der Waals surface area contributed by atoms with Crippen molar-refractivity contribution < 1.29 is 14.3 Å². The van der Waals surface area contributed by atoms with Gasteiger partial charge in [-0.2, -0.15) is 0 Å². The molecule has 5 heteroatoms. The van der Waals surface area contributed by atoms with Gasteiger partial charge in [-0.1, -0.05) is 40.7 Å². The molecule has 0 saturated carbocycles. The lowest BCUT2D eigenvalue weighted by Crippen LogP contribution is -2.50. The smallest absolute Gasteiger partial charge is 0.237 e. The summed E-state index contributed by atoms with van der Waals surface area (Å²) in [4.78, 5) is 12.2. The van der Waals surface area contributed by atoms with Crippen LogP contribution in [0.1, 0.15) is 40.2 Å². The maximum absolute atomic E-state index is 12.2. The van der Waals surface area contributed by atoms with Gasteiger partial charge in [-0.25, -0.2) is 0 Å². The standard InChI is InChI=1S/C18H30N2O3/c1-17(2,3)15(19)16(21)20-11-18(4,5)12-8-9-13(22-6)14(10-12)23-7/h8-10,15H,11,19H2,1-7H3,(H,20,21)/t15-/m1/s1. The van der Waals surface area contributed by atoms with Crippen molar-refractivity contribution >= 4 is 5.91 Å². The lowest BCUT2D eigenvalue weighted by Gasteiger charge is -2.30. The van der Waals surface area contributed by atoms with Crippen molar-refractivity contribution in [1.29, 1.82) is 0 Å². The van der Waals surface area contributed by atoms with E-state index in [1.165, 1.54) is 0 Å². The van der Waals surface area contributed by atoms with Gasteiger partial charge in [0.1, 0.15) is 0 Å². The van der Waals surface area contributed by atoms with Gasteiger partial charge in [-0.3, -0.25) is 4.79 Å². The zero-order valence-electron chi connectivity index (χ0n) is 15.3. The molecule has 23 heavy (non-hydrogen) atoms. The molecular weight excluding hydrogens is 292 g/mol. The summed E-state index contributed by atoms with van der Waals surface area (Å²) in [5.74, 6) is 1.23. The topological polar surface area (TPSA) is 73.6 Å². The Labute approximate surface area is 139 Å². The number of methoxy groups -OCH3 is 2. The van der Waals surface area contributed by atoms with Crippen molar-refractivity contribution in [2.75, 3.05) is 20.8 Å². The highest BCUT2D eigenvalue weighted by Crippen LogP contribution is 2.33. The summed E-state index contributed by atoms with van der Waals surface area (Å²) in [5.41, 5.74) is 6.53. The van der Waals surface area contributed by atoms with E-state index in [-0.39, 0.29) is 16.7 Å². The van der Waals surface area contributed by atoms with E-state index in [9.17, 15) is 4.79 Å². The molecule has 0 aliphatic heterocycles. The third-order valence-electron chi connectivity index (χ3n) is 4.09. The molecule has 130 valence electrons. The number of rotatable bonds is 6. The number of nitrogens with two attached hydrogens (primary N) is 1. The maximum atomic E-state index is 12.2. The third kappa shape index (κ3) is 4.86. The molecule has 0 saturated heterocycles. The van der Waals surface area contributed by atoms with Crippen molar-refractivity contribution in [2.24, 2.45) is 11.1 Å². The normalized spacial score (nSPS) is 13.4. The Morgan fingerprint density at radius 1 is 1.13 bits per heavy atom. The van der Waals surface area contributed by atoms with Crippen molar-refractivity contribution in [3.05, 3.63) is 23.8 Å². The lowest BCUT2D eigenvalue weighted by atomic mass is 9.83. The van der Waals surface area contributed by atoms with Crippen LogP contribution >= 0.6 is 0 Å². The average molecular weight is 322 g/mol. The summed E-state index contributed by atoms with van der Waals surface area (Å²) in [7, 11) is 3.22. The Kier molecular flexibility index (Phi) is 6.05. The fourth-order valence-corrected chi connectivity index (χ4v) is 2.17. The minimum atomic E-state index is -0.538. The quantitative estimate of drug-likeness (QED) is 0.844. The number of hydrogen-bond acceptors (Lipinski definition) is 4. The molecule has 0 bridgehead atoms.